The Hall–Kier alpha value is -2.24. The van der Waals surface area contributed by atoms with Crippen molar-refractivity contribution < 1.29 is 24.2 Å². The minimum Gasteiger partial charge on any atom is -0.480 e. The molecule has 114 valence electrons. The van der Waals surface area contributed by atoms with E-state index < -0.39 is 5.97 Å². The summed E-state index contributed by atoms with van der Waals surface area (Å²) in [5, 5.41) is 8.94. The number of fused-ring (bicyclic) bond motifs is 1. The number of aliphatic carboxylic acids is 1. The topological polar surface area (TPSA) is 76.1 Å². The van der Waals surface area contributed by atoms with Crippen LogP contribution in [0.2, 0.25) is 0 Å². The fourth-order valence-corrected chi connectivity index (χ4v) is 2.18. The Bertz CT molecular complexity index is 543. The summed E-state index contributed by atoms with van der Waals surface area (Å²) in [5.41, 5.74) is 0.781. The Morgan fingerprint density at radius 3 is 2.71 bits per heavy atom. The van der Waals surface area contributed by atoms with E-state index in [-0.39, 0.29) is 31.7 Å². The van der Waals surface area contributed by atoms with Gasteiger partial charge in [0.05, 0.1) is 6.42 Å². The summed E-state index contributed by atoms with van der Waals surface area (Å²) in [6.45, 7) is 3.68. The maximum Gasteiger partial charge on any atom is 0.323 e. The van der Waals surface area contributed by atoms with Gasteiger partial charge in [-0.25, -0.2) is 0 Å². The Kier molecular flexibility index (Phi) is 4.67. The van der Waals surface area contributed by atoms with Crippen LogP contribution < -0.4 is 9.47 Å². The molecule has 1 heterocycles. The molecule has 1 unspecified atom stereocenters. The predicted octanol–water partition coefficient (Wildman–Crippen LogP) is 1.67. The largest absolute Gasteiger partial charge is 0.480 e. The third-order valence-electron chi connectivity index (χ3n) is 3.54. The number of carboxylic acids is 1. The van der Waals surface area contributed by atoms with Crippen LogP contribution in [0.4, 0.5) is 0 Å². The number of rotatable bonds is 6. The van der Waals surface area contributed by atoms with Crippen LogP contribution in [0.3, 0.4) is 0 Å². The zero-order chi connectivity index (χ0) is 15.4. The fourth-order valence-electron chi connectivity index (χ4n) is 2.18. The number of amides is 1. The van der Waals surface area contributed by atoms with Gasteiger partial charge in [0.2, 0.25) is 12.7 Å². The van der Waals surface area contributed by atoms with Gasteiger partial charge in [-0.2, -0.15) is 0 Å². The van der Waals surface area contributed by atoms with Crippen LogP contribution >= 0.6 is 0 Å². The van der Waals surface area contributed by atoms with Gasteiger partial charge in [0.15, 0.2) is 11.5 Å². The van der Waals surface area contributed by atoms with Crippen molar-refractivity contribution in [2.75, 3.05) is 13.3 Å². The molecule has 0 bridgehead atoms. The summed E-state index contributed by atoms with van der Waals surface area (Å²) >= 11 is 0. The van der Waals surface area contributed by atoms with E-state index in [0.29, 0.717) is 17.9 Å². The first-order chi connectivity index (χ1) is 10.0. The van der Waals surface area contributed by atoms with Gasteiger partial charge in [-0.05, 0) is 31.0 Å². The van der Waals surface area contributed by atoms with Gasteiger partial charge in [-0.1, -0.05) is 13.0 Å². The maximum atomic E-state index is 12.3. The fraction of sp³-hybridized carbons (Fsp3) is 0.467. The number of carbonyl (C=O) groups is 2. The van der Waals surface area contributed by atoms with Crippen LogP contribution in [-0.4, -0.2) is 41.3 Å². The standard InChI is InChI=1S/C15H19NO5/c1-3-10(2)16(8-15(18)19)14(17)7-11-4-5-12-13(6-11)21-9-20-12/h4-6,10H,3,7-9H2,1-2H3,(H,18,19). The van der Waals surface area contributed by atoms with Crippen molar-refractivity contribution in [1.29, 1.82) is 0 Å². The molecular formula is C15H19NO5. The number of hydrogen-bond donors (Lipinski definition) is 1. The van der Waals surface area contributed by atoms with E-state index in [1.807, 2.05) is 13.8 Å². The van der Waals surface area contributed by atoms with Gasteiger partial charge in [0, 0.05) is 6.04 Å². The molecule has 1 N–H and O–H groups in total. The molecule has 1 aliphatic rings. The van der Waals surface area contributed by atoms with E-state index in [9.17, 15) is 9.59 Å². The summed E-state index contributed by atoms with van der Waals surface area (Å²) in [6.07, 6.45) is 0.856. The molecular weight excluding hydrogens is 274 g/mol. The molecule has 0 radical (unpaired) electrons. The average Bonchev–Trinajstić information content (AvgIpc) is 2.91. The first kappa shape index (κ1) is 15.2. The third-order valence-corrected chi connectivity index (χ3v) is 3.54. The summed E-state index contributed by atoms with van der Waals surface area (Å²) in [7, 11) is 0. The first-order valence-corrected chi connectivity index (χ1v) is 6.91. The van der Waals surface area contributed by atoms with Gasteiger partial charge < -0.3 is 19.5 Å². The van der Waals surface area contributed by atoms with E-state index in [1.165, 1.54) is 4.90 Å². The Balaban J connectivity index is 2.09. The van der Waals surface area contributed by atoms with Crippen molar-refractivity contribution in [3.8, 4) is 11.5 Å². The van der Waals surface area contributed by atoms with E-state index in [4.69, 9.17) is 14.6 Å². The monoisotopic (exact) mass is 293 g/mol. The van der Waals surface area contributed by atoms with Crippen molar-refractivity contribution in [3.63, 3.8) is 0 Å². The number of carbonyl (C=O) groups excluding carboxylic acids is 1. The number of nitrogens with zero attached hydrogens (tertiary/aromatic N) is 1. The highest BCUT2D eigenvalue weighted by Crippen LogP contribution is 2.32. The predicted molar refractivity (Wildman–Crippen MR) is 75.4 cm³/mol. The first-order valence-electron chi connectivity index (χ1n) is 6.91. The minimum atomic E-state index is -1.01. The van der Waals surface area contributed by atoms with Crippen molar-refractivity contribution >= 4 is 11.9 Å². The van der Waals surface area contributed by atoms with E-state index in [0.717, 1.165) is 5.56 Å². The van der Waals surface area contributed by atoms with Crippen molar-refractivity contribution in [3.05, 3.63) is 23.8 Å². The van der Waals surface area contributed by atoms with Gasteiger partial charge in [0.1, 0.15) is 6.54 Å². The zero-order valence-corrected chi connectivity index (χ0v) is 12.2. The van der Waals surface area contributed by atoms with Crippen LogP contribution in [0.15, 0.2) is 18.2 Å². The number of ether oxygens (including phenoxy) is 2. The Morgan fingerprint density at radius 1 is 1.33 bits per heavy atom. The molecule has 0 saturated carbocycles. The lowest BCUT2D eigenvalue weighted by Gasteiger charge is -2.27. The van der Waals surface area contributed by atoms with Crippen molar-refractivity contribution in [2.24, 2.45) is 0 Å². The molecule has 6 heteroatoms. The van der Waals surface area contributed by atoms with E-state index in [1.54, 1.807) is 18.2 Å². The highest BCUT2D eigenvalue weighted by molar-refractivity contribution is 5.83. The smallest absolute Gasteiger partial charge is 0.323 e. The Labute approximate surface area is 123 Å². The third kappa shape index (κ3) is 3.65. The molecule has 1 aromatic rings. The minimum absolute atomic E-state index is 0.109. The molecule has 21 heavy (non-hydrogen) atoms. The molecule has 0 fully saturated rings. The number of hydrogen-bond acceptors (Lipinski definition) is 4. The highest BCUT2D eigenvalue weighted by Gasteiger charge is 2.22. The average molecular weight is 293 g/mol. The van der Waals surface area contributed by atoms with Gasteiger partial charge in [-0.15, -0.1) is 0 Å². The van der Waals surface area contributed by atoms with Crippen molar-refractivity contribution in [1.82, 2.24) is 4.90 Å². The summed E-state index contributed by atoms with van der Waals surface area (Å²) in [5.74, 6) is 0.0732. The second-order valence-electron chi connectivity index (χ2n) is 5.04. The lowest BCUT2D eigenvalue weighted by Crippen LogP contribution is -2.42. The summed E-state index contributed by atoms with van der Waals surface area (Å²) in [6, 6.07) is 5.20. The number of benzene rings is 1. The molecule has 1 aliphatic heterocycles. The number of carboxylic acid groups (broad SMARTS) is 1. The zero-order valence-electron chi connectivity index (χ0n) is 12.2. The van der Waals surface area contributed by atoms with Crippen LogP contribution in [0.25, 0.3) is 0 Å². The molecule has 6 nitrogen and oxygen atoms in total. The van der Waals surface area contributed by atoms with Crippen LogP contribution in [0.1, 0.15) is 25.8 Å². The molecule has 0 aliphatic carbocycles. The molecule has 1 amide bonds. The SMILES string of the molecule is CCC(C)N(CC(=O)O)C(=O)Cc1ccc2c(c1)OCO2. The van der Waals surface area contributed by atoms with Gasteiger partial charge in [0.25, 0.3) is 0 Å². The van der Waals surface area contributed by atoms with Crippen LogP contribution in [0, 0.1) is 0 Å². The van der Waals surface area contributed by atoms with Crippen molar-refractivity contribution in [2.45, 2.75) is 32.7 Å². The molecule has 0 spiro atoms. The lowest BCUT2D eigenvalue weighted by molar-refractivity contribution is -0.145. The highest BCUT2D eigenvalue weighted by atomic mass is 16.7. The van der Waals surface area contributed by atoms with Crippen LogP contribution in [-0.2, 0) is 16.0 Å². The maximum absolute atomic E-state index is 12.3. The quantitative estimate of drug-likeness (QED) is 0.863. The normalized spacial score (nSPS) is 13.8. The second kappa shape index (κ2) is 6.47. The van der Waals surface area contributed by atoms with E-state index in [2.05, 4.69) is 0 Å². The summed E-state index contributed by atoms with van der Waals surface area (Å²) in [4.78, 5) is 24.6. The molecule has 1 atom stereocenters. The lowest BCUT2D eigenvalue weighted by atomic mass is 10.1. The van der Waals surface area contributed by atoms with Gasteiger partial charge >= 0.3 is 5.97 Å². The molecule has 1 aromatic carbocycles. The van der Waals surface area contributed by atoms with Gasteiger partial charge in [-0.3, -0.25) is 9.59 Å². The molecule has 0 saturated heterocycles. The second-order valence-corrected chi connectivity index (χ2v) is 5.04. The Morgan fingerprint density at radius 2 is 2.05 bits per heavy atom. The molecule has 0 aromatic heterocycles. The van der Waals surface area contributed by atoms with Crippen LogP contribution in [0.5, 0.6) is 11.5 Å². The molecule has 2 rings (SSSR count). The summed E-state index contributed by atoms with van der Waals surface area (Å²) < 4.78 is 10.5. The van der Waals surface area contributed by atoms with E-state index >= 15 is 0 Å².